The number of urea groups is 1. The largest absolute Gasteiger partial charge is 0.497 e. The number of carbonyl (C=O) groups excluding carboxylic acids is 1. The number of piperidine rings is 1. The van der Waals surface area contributed by atoms with Gasteiger partial charge in [0, 0.05) is 43.0 Å². The fourth-order valence-corrected chi connectivity index (χ4v) is 3.88. The number of amides is 2. The molecule has 2 aliphatic rings. The Hall–Kier alpha value is -2.68. The van der Waals surface area contributed by atoms with Gasteiger partial charge in [0.1, 0.15) is 12.1 Å². The first-order valence-corrected chi connectivity index (χ1v) is 9.38. The van der Waals surface area contributed by atoms with Gasteiger partial charge in [-0.1, -0.05) is 6.42 Å². The van der Waals surface area contributed by atoms with Crippen molar-refractivity contribution in [2.45, 2.75) is 38.3 Å². The van der Waals surface area contributed by atoms with E-state index in [2.05, 4.69) is 32.7 Å². The molecule has 4 rings (SSSR count). The number of ether oxygens (including phenoxy) is 1. The maximum atomic E-state index is 12.6. The van der Waals surface area contributed by atoms with Crippen LogP contribution in [0.5, 0.6) is 5.75 Å². The van der Waals surface area contributed by atoms with Crippen LogP contribution < -0.4 is 10.1 Å². The fraction of sp³-hybridized carbons (Fsp3) is 0.556. The molecule has 1 aromatic heterocycles. The summed E-state index contributed by atoms with van der Waals surface area (Å²) in [6, 6.07) is 6.42. The second-order valence-electron chi connectivity index (χ2n) is 7.25. The van der Waals surface area contributed by atoms with Gasteiger partial charge in [0.05, 0.1) is 12.8 Å². The van der Waals surface area contributed by atoms with E-state index >= 15 is 0 Å². The molecule has 2 amide bonds. The van der Waals surface area contributed by atoms with Crippen LogP contribution in [0.25, 0.3) is 5.69 Å². The molecule has 2 aromatic rings. The average molecular weight is 371 g/mol. The first-order valence-electron chi connectivity index (χ1n) is 9.38. The highest BCUT2D eigenvalue weighted by molar-refractivity contribution is 5.90. The first-order chi connectivity index (χ1) is 13.1. The van der Waals surface area contributed by atoms with Gasteiger partial charge >= 0.3 is 6.03 Å². The summed E-state index contributed by atoms with van der Waals surface area (Å²) < 4.78 is 6.85. The SMILES string of the molecule is COc1cc(NC(=O)N2CC(N3CCCC[C@H]3C)C2)cc(-n2cnnn2)c1. The number of anilines is 1. The minimum atomic E-state index is -0.0909. The Morgan fingerprint density at radius 2 is 2.11 bits per heavy atom. The molecule has 0 spiro atoms. The van der Waals surface area contributed by atoms with Crippen LogP contribution in [0.1, 0.15) is 26.2 Å². The third-order valence-electron chi connectivity index (χ3n) is 5.46. The van der Waals surface area contributed by atoms with Crippen molar-refractivity contribution in [2.75, 3.05) is 32.1 Å². The van der Waals surface area contributed by atoms with Crippen LogP contribution in [-0.4, -0.2) is 74.9 Å². The second kappa shape index (κ2) is 7.51. The number of benzene rings is 1. The van der Waals surface area contributed by atoms with Crippen LogP contribution in [0.4, 0.5) is 10.5 Å². The van der Waals surface area contributed by atoms with Crippen LogP contribution in [0.15, 0.2) is 24.5 Å². The Morgan fingerprint density at radius 1 is 1.26 bits per heavy atom. The number of tetrazole rings is 1. The summed E-state index contributed by atoms with van der Waals surface area (Å²) in [5, 5.41) is 14.1. The van der Waals surface area contributed by atoms with Crippen molar-refractivity contribution < 1.29 is 9.53 Å². The molecule has 2 saturated heterocycles. The van der Waals surface area contributed by atoms with Gasteiger partial charge in [-0.25, -0.2) is 9.48 Å². The summed E-state index contributed by atoms with van der Waals surface area (Å²) in [5.41, 5.74) is 1.37. The topological polar surface area (TPSA) is 88.4 Å². The van der Waals surface area contributed by atoms with E-state index in [1.54, 1.807) is 13.2 Å². The molecule has 0 saturated carbocycles. The summed E-state index contributed by atoms with van der Waals surface area (Å²) in [5.74, 6) is 0.627. The molecule has 0 radical (unpaired) electrons. The molecule has 27 heavy (non-hydrogen) atoms. The number of aromatic nitrogens is 4. The maximum Gasteiger partial charge on any atom is 0.321 e. The molecular formula is C18H25N7O2. The monoisotopic (exact) mass is 371 g/mol. The number of nitrogens with one attached hydrogen (secondary N) is 1. The van der Waals surface area contributed by atoms with Gasteiger partial charge in [-0.15, -0.1) is 5.10 Å². The van der Waals surface area contributed by atoms with Crippen molar-refractivity contribution in [2.24, 2.45) is 0 Å². The van der Waals surface area contributed by atoms with Gasteiger partial charge in [-0.3, -0.25) is 4.90 Å². The highest BCUT2D eigenvalue weighted by atomic mass is 16.5. The molecule has 0 aliphatic carbocycles. The number of methoxy groups -OCH3 is 1. The molecule has 1 atom stereocenters. The number of likely N-dealkylation sites (tertiary alicyclic amines) is 2. The van der Waals surface area contributed by atoms with Gasteiger partial charge in [0.25, 0.3) is 0 Å². The Bertz CT molecular complexity index is 789. The van der Waals surface area contributed by atoms with E-state index in [1.807, 2.05) is 17.0 Å². The van der Waals surface area contributed by atoms with Gasteiger partial charge in [-0.2, -0.15) is 0 Å². The van der Waals surface area contributed by atoms with E-state index in [-0.39, 0.29) is 6.03 Å². The lowest BCUT2D eigenvalue weighted by Crippen LogP contribution is -2.64. The molecule has 9 heteroatoms. The number of nitrogens with zero attached hydrogens (tertiary/aromatic N) is 6. The van der Waals surface area contributed by atoms with E-state index in [0.717, 1.165) is 25.3 Å². The molecular weight excluding hydrogens is 346 g/mol. The van der Waals surface area contributed by atoms with Gasteiger partial charge in [0.2, 0.25) is 0 Å². The van der Waals surface area contributed by atoms with Crippen molar-refractivity contribution in [3.8, 4) is 11.4 Å². The van der Waals surface area contributed by atoms with E-state index in [4.69, 9.17) is 4.74 Å². The third-order valence-corrected chi connectivity index (χ3v) is 5.46. The standard InChI is InChI=1S/C18H25N7O2/c1-13-5-3-4-6-24(13)16-10-23(11-16)18(26)20-14-7-15(9-17(8-14)27-2)25-12-19-21-22-25/h7-9,12-13,16H,3-6,10-11H2,1-2H3,(H,20,26)/t13-/m1/s1. The molecule has 1 aromatic carbocycles. The minimum Gasteiger partial charge on any atom is -0.497 e. The van der Waals surface area contributed by atoms with E-state index in [0.29, 0.717) is 23.5 Å². The molecule has 144 valence electrons. The molecule has 1 N–H and O–H groups in total. The van der Waals surface area contributed by atoms with Crippen molar-refractivity contribution in [1.29, 1.82) is 0 Å². The number of hydrogen-bond acceptors (Lipinski definition) is 6. The predicted molar refractivity (Wildman–Crippen MR) is 100 cm³/mol. The summed E-state index contributed by atoms with van der Waals surface area (Å²) in [7, 11) is 1.59. The third kappa shape index (κ3) is 3.73. The summed E-state index contributed by atoms with van der Waals surface area (Å²) in [6.45, 7) is 4.99. The summed E-state index contributed by atoms with van der Waals surface area (Å²) >= 11 is 0. The number of carbonyl (C=O) groups is 1. The zero-order valence-electron chi connectivity index (χ0n) is 15.7. The fourth-order valence-electron chi connectivity index (χ4n) is 3.88. The molecule has 3 heterocycles. The van der Waals surface area contributed by atoms with Gasteiger partial charge in [0.15, 0.2) is 0 Å². The van der Waals surface area contributed by atoms with Gasteiger partial charge < -0.3 is 15.0 Å². The lowest BCUT2D eigenvalue weighted by molar-refractivity contribution is 0.0199. The summed E-state index contributed by atoms with van der Waals surface area (Å²) in [6.07, 6.45) is 5.33. The Morgan fingerprint density at radius 3 is 2.81 bits per heavy atom. The molecule has 2 fully saturated rings. The van der Waals surface area contributed by atoms with E-state index in [9.17, 15) is 4.79 Å². The van der Waals surface area contributed by atoms with E-state index < -0.39 is 0 Å². The zero-order valence-corrected chi connectivity index (χ0v) is 15.7. The van der Waals surface area contributed by atoms with Crippen molar-refractivity contribution in [3.05, 3.63) is 24.5 Å². The first kappa shape index (κ1) is 17.7. The average Bonchev–Trinajstić information content (AvgIpc) is 3.16. The maximum absolute atomic E-state index is 12.6. The van der Waals surface area contributed by atoms with Crippen molar-refractivity contribution in [3.63, 3.8) is 0 Å². The van der Waals surface area contributed by atoms with Crippen LogP contribution in [0, 0.1) is 0 Å². The van der Waals surface area contributed by atoms with E-state index in [1.165, 1.54) is 30.3 Å². The highest BCUT2D eigenvalue weighted by Gasteiger charge is 2.37. The Labute approximate surface area is 158 Å². The van der Waals surface area contributed by atoms with Crippen LogP contribution >= 0.6 is 0 Å². The Balaban J connectivity index is 1.39. The van der Waals surface area contributed by atoms with Gasteiger partial charge in [-0.05, 0) is 42.8 Å². The highest BCUT2D eigenvalue weighted by Crippen LogP contribution is 2.26. The predicted octanol–water partition coefficient (Wildman–Crippen LogP) is 1.76. The minimum absolute atomic E-state index is 0.0909. The quantitative estimate of drug-likeness (QED) is 0.881. The van der Waals surface area contributed by atoms with Crippen molar-refractivity contribution in [1.82, 2.24) is 30.0 Å². The number of rotatable bonds is 4. The lowest BCUT2D eigenvalue weighted by atomic mass is 9.98. The van der Waals surface area contributed by atoms with Crippen LogP contribution in [0.2, 0.25) is 0 Å². The van der Waals surface area contributed by atoms with Crippen LogP contribution in [0.3, 0.4) is 0 Å². The van der Waals surface area contributed by atoms with Crippen LogP contribution in [-0.2, 0) is 0 Å². The molecule has 0 unspecified atom stereocenters. The lowest BCUT2D eigenvalue weighted by Gasteiger charge is -2.49. The van der Waals surface area contributed by atoms with Crippen molar-refractivity contribution >= 4 is 11.7 Å². The number of hydrogen-bond donors (Lipinski definition) is 1. The molecule has 0 bridgehead atoms. The molecule has 2 aliphatic heterocycles. The zero-order chi connectivity index (χ0) is 18.8. The smallest absolute Gasteiger partial charge is 0.321 e. The second-order valence-corrected chi connectivity index (χ2v) is 7.25. The Kier molecular flexibility index (Phi) is 4.93. The summed E-state index contributed by atoms with van der Waals surface area (Å²) in [4.78, 5) is 17.0. The normalized spacial score (nSPS) is 21.0. The molecule has 9 nitrogen and oxygen atoms in total.